The Morgan fingerprint density at radius 1 is 1.21 bits per heavy atom. The zero-order valence-corrected chi connectivity index (χ0v) is 18.1. The highest BCUT2D eigenvalue weighted by atomic mass is 35.5. The Morgan fingerprint density at radius 2 is 1.90 bits per heavy atom. The number of esters is 1. The molecule has 0 unspecified atom stereocenters. The van der Waals surface area contributed by atoms with E-state index in [1.165, 1.54) is 29.7 Å². The number of cyclic esters (lactones) is 1. The summed E-state index contributed by atoms with van der Waals surface area (Å²) in [4.78, 5) is 17.1. The standard InChI is InChI=1S/C20H16ClNO5S2/c1-20(2)16(11-4-6-13(7-5-11)29(3,24)25)18(19(23)27-20)26-14-10-28-15-8-12(21)9-22-17(14)15/h4-10H,1-3H3. The maximum absolute atomic E-state index is 12.6. The van der Waals surface area contributed by atoms with Crippen molar-refractivity contribution in [1.29, 1.82) is 0 Å². The number of thiophene rings is 1. The fraction of sp³-hybridized carbons (Fsp3) is 0.200. The highest BCUT2D eigenvalue weighted by molar-refractivity contribution is 7.90. The van der Waals surface area contributed by atoms with Crippen LogP contribution in [0.5, 0.6) is 5.75 Å². The fourth-order valence-corrected chi connectivity index (χ4v) is 4.90. The number of nitrogens with zero attached hydrogens (tertiary/aromatic N) is 1. The topological polar surface area (TPSA) is 82.6 Å². The van der Waals surface area contributed by atoms with Crippen molar-refractivity contribution in [3.63, 3.8) is 0 Å². The number of halogens is 1. The summed E-state index contributed by atoms with van der Waals surface area (Å²) < 4.78 is 35.8. The number of sulfone groups is 1. The molecule has 1 aliphatic rings. The smallest absolute Gasteiger partial charge is 0.375 e. The van der Waals surface area contributed by atoms with E-state index in [2.05, 4.69) is 4.98 Å². The number of pyridine rings is 1. The van der Waals surface area contributed by atoms with E-state index >= 15 is 0 Å². The van der Waals surface area contributed by atoms with Crippen molar-refractivity contribution in [3.8, 4) is 5.75 Å². The Kier molecular flexibility index (Phi) is 4.68. The molecule has 3 aromatic rings. The normalized spacial score (nSPS) is 16.3. The maximum atomic E-state index is 12.6. The molecule has 0 spiro atoms. The molecule has 1 aromatic carbocycles. The van der Waals surface area contributed by atoms with Crippen LogP contribution in [0.1, 0.15) is 19.4 Å². The van der Waals surface area contributed by atoms with Gasteiger partial charge in [-0.3, -0.25) is 0 Å². The van der Waals surface area contributed by atoms with Crippen LogP contribution in [0, 0.1) is 0 Å². The minimum absolute atomic E-state index is 0.0542. The molecule has 3 heterocycles. The molecule has 0 fully saturated rings. The minimum Gasteiger partial charge on any atom is -0.449 e. The average Bonchev–Trinajstić information content (AvgIpc) is 3.11. The van der Waals surface area contributed by atoms with E-state index in [9.17, 15) is 13.2 Å². The molecule has 150 valence electrons. The van der Waals surface area contributed by atoms with Crippen LogP contribution in [0.2, 0.25) is 5.02 Å². The van der Waals surface area contributed by atoms with E-state index in [0.29, 0.717) is 27.4 Å². The molecular weight excluding hydrogens is 434 g/mol. The van der Waals surface area contributed by atoms with Gasteiger partial charge in [0.2, 0.25) is 5.76 Å². The highest BCUT2D eigenvalue weighted by Crippen LogP contribution is 2.42. The number of ether oxygens (including phenoxy) is 2. The van der Waals surface area contributed by atoms with E-state index in [1.54, 1.807) is 37.4 Å². The van der Waals surface area contributed by atoms with Crippen LogP contribution in [0.4, 0.5) is 0 Å². The number of fused-ring (bicyclic) bond motifs is 1. The number of rotatable bonds is 4. The van der Waals surface area contributed by atoms with Gasteiger partial charge in [0.05, 0.1) is 20.2 Å². The number of aromatic nitrogens is 1. The summed E-state index contributed by atoms with van der Waals surface area (Å²) in [5.41, 5.74) is 0.826. The van der Waals surface area contributed by atoms with Gasteiger partial charge in [-0.1, -0.05) is 23.7 Å². The summed E-state index contributed by atoms with van der Waals surface area (Å²) in [7, 11) is -3.33. The molecule has 0 aliphatic carbocycles. The van der Waals surface area contributed by atoms with Gasteiger partial charge in [-0.25, -0.2) is 18.2 Å². The molecule has 0 atom stereocenters. The summed E-state index contributed by atoms with van der Waals surface area (Å²) >= 11 is 7.38. The second-order valence-corrected chi connectivity index (χ2v) is 10.5. The van der Waals surface area contributed by atoms with Crippen molar-refractivity contribution < 1.29 is 22.7 Å². The molecule has 29 heavy (non-hydrogen) atoms. The van der Waals surface area contributed by atoms with E-state index in [-0.39, 0.29) is 10.7 Å². The average molecular weight is 450 g/mol. The molecule has 2 aromatic heterocycles. The first kappa shape index (κ1) is 19.9. The van der Waals surface area contributed by atoms with Crippen LogP contribution in [0.3, 0.4) is 0 Å². The lowest BCUT2D eigenvalue weighted by atomic mass is 9.92. The van der Waals surface area contributed by atoms with E-state index in [4.69, 9.17) is 21.1 Å². The lowest BCUT2D eigenvalue weighted by molar-refractivity contribution is -0.145. The quantitative estimate of drug-likeness (QED) is 0.546. The monoisotopic (exact) mass is 449 g/mol. The number of carbonyl (C=O) groups excluding carboxylic acids is 1. The Morgan fingerprint density at radius 3 is 2.55 bits per heavy atom. The number of benzene rings is 1. The van der Waals surface area contributed by atoms with Crippen molar-refractivity contribution >= 4 is 54.5 Å². The number of carbonyl (C=O) groups is 1. The second-order valence-electron chi connectivity index (χ2n) is 7.10. The van der Waals surface area contributed by atoms with Gasteiger partial charge in [-0.2, -0.15) is 0 Å². The zero-order chi connectivity index (χ0) is 21.0. The zero-order valence-electron chi connectivity index (χ0n) is 15.7. The van der Waals surface area contributed by atoms with Crippen molar-refractivity contribution in [3.05, 3.63) is 58.3 Å². The van der Waals surface area contributed by atoms with Gasteiger partial charge in [-0.15, -0.1) is 11.3 Å². The Bertz CT molecular complexity index is 1270. The fourth-order valence-electron chi connectivity index (χ4n) is 3.20. The van der Waals surface area contributed by atoms with Gasteiger partial charge in [-0.05, 0) is 37.6 Å². The largest absolute Gasteiger partial charge is 0.449 e. The van der Waals surface area contributed by atoms with E-state index in [1.807, 2.05) is 0 Å². The van der Waals surface area contributed by atoms with Crippen molar-refractivity contribution in [2.45, 2.75) is 24.3 Å². The first-order chi connectivity index (χ1) is 13.6. The first-order valence-corrected chi connectivity index (χ1v) is 11.7. The number of hydrogen-bond donors (Lipinski definition) is 0. The third-order valence-corrected chi connectivity index (χ3v) is 6.72. The summed E-state index contributed by atoms with van der Waals surface area (Å²) in [6, 6.07) is 8.05. The second kappa shape index (κ2) is 6.83. The minimum atomic E-state index is -3.33. The molecule has 0 radical (unpaired) electrons. The highest BCUT2D eigenvalue weighted by Gasteiger charge is 2.43. The molecule has 0 saturated heterocycles. The van der Waals surface area contributed by atoms with Crippen LogP contribution in [-0.4, -0.2) is 31.2 Å². The van der Waals surface area contributed by atoms with Crippen LogP contribution < -0.4 is 4.74 Å². The molecule has 1 aliphatic heterocycles. The molecule has 0 bridgehead atoms. The SMILES string of the molecule is CC1(C)OC(=O)C(Oc2csc3cc(Cl)cnc23)=C1c1ccc(S(C)(=O)=O)cc1. The van der Waals surface area contributed by atoms with Crippen molar-refractivity contribution in [2.75, 3.05) is 6.26 Å². The van der Waals surface area contributed by atoms with E-state index in [0.717, 1.165) is 11.0 Å². The first-order valence-electron chi connectivity index (χ1n) is 8.55. The third-order valence-electron chi connectivity index (χ3n) is 4.49. The molecular formula is C20H16ClNO5S2. The van der Waals surface area contributed by atoms with Crippen LogP contribution in [0.15, 0.2) is 52.6 Å². The van der Waals surface area contributed by atoms with Crippen molar-refractivity contribution in [2.24, 2.45) is 0 Å². The lowest BCUT2D eigenvalue weighted by Gasteiger charge is -2.21. The van der Waals surface area contributed by atoms with E-state index < -0.39 is 21.4 Å². The summed E-state index contributed by atoms with van der Waals surface area (Å²) in [6.45, 7) is 3.51. The summed E-state index contributed by atoms with van der Waals surface area (Å²) in [6.07, 6.45) is 2.66. The molecule has 4 rings (SSSR count). The van der Waals surface area contributed by atoms with Gasteiger partial charge >= 0.3 is 5.97 Å². The summed E-state index contributed by atoms with van der Waals surface area (Å²) in [5.74, 6) is -0.111. The molecule has 0 amide bonds. The van der Waals surface area contributed by atoms with Crippen LogP contribution >= 0.6 is 22.9 Å². The van der Waals surface area contributed by atoms with Gasteiger partial charge < -0.3 is 9.47 Å². The Labute approximate surface area is 176 Å². The Hall–Kier alpha value is -2.42. The van der Waals surface area contributed by atoms with Gasteiger partial charge in [0.25, 0.3) is 0 Å². The summed E-state index contributed by atoms with van der Waals surface area (Å²) in [5, 5.41) is 2.27. The molecule has 0 N–H and O–H groups in total. The van der Waals surface area contributed by atoms with Gasteiger partial charge in [0, 0.05) is 17.8 Å². The number of hydrogen-bond acceptors (Lipinski definition) is 7. The Balaban J connectivity index is 1.82. The van der Waals surface area contributed by atoms with Gasteiger partial charge in [0.1, 0.15) is 11.1 Å². The predicted molar refractivity (Wildman–Crippen MR) is 112 cm³/mol. The third kappa shape index (κ3) is 3.63. The van der Waals surface area contributed by atoms with Gasteiger partial charge in [0.15, 0.2) is 15.6 Å². The van der Waals surface area contributed by atoms with Crippen LogP contribution in [-0.2, 0) is 19.4 Å². The molecule has 6 nitrogen and oxygen atoms in total. The lowest BCUT2D eigenvalue weighted by Crippen LogP contribution is -2.22. The predicted octanol–water partition coefficient (Wildman–Crippen LogP) is 4.48. The maximum Gasteiger partial charge on any atom is 0.375 e. The van der Waals surface area contributed by atoms with Crippen LogP contribution in [0.25, 0.3) is 15.8 Å². The van der Waals surface area contributed by atoms with Crippen molar-refractivity contribution in [1.82, 2.24) is 4.98 Å². The molecule has 0 saturated carbocycles. The molecule has 9 heteroatoms.